The number of aromatic hydroxyl groups is 1. The van der Waals surface area contributed by atoms with Gasteiger partial charge in [0.1, 0.15) is 16.4 Å². The van der Waals surface area contributed by atoms with Gasteiger partial charge in [-0.3, -0.25) is 0 Å². The van der Waals surface area contributed by atoms with Crippen LogP contribution in [-0.4, -0.2) is 15.1 Å². The summed E-state index contributed by atoms with van der Waals surface area (Å²) in [5, 5.41) is 14.8. The number of aromatic nitrogens is 2. The summed E-state index contributed by atoms with van der Waals surface area (Å²) in [5.41, 5.74) is 3.05. The van der Waals surface area contributed by atoms with Crippen LogP contribution in [0.4, 0.5) is 0 Å². The third kappa shape index (κ3) is 3.17. The summed E-state index contributed by atoms with van der Waals surface area (Å²) in [6.45, 7) is 7.33. The Morgan fingerprint density at radius 3 is 2.74 bits per heavy atom. The summed E-state index contributed by atoms with van der Waals surface area (Å²) in [6.07, 6.45) is 0. The molecule has 0 aliphatic rings. The fourth-order valence-electron chi connectivity index (χ4n) is 2.70. The van der Waals surface area contributed by atoms with E-state index in [2.05, 4.69) is 22.2 Å². The minimum absolute atomic E-state index is 0.145. The SMILES string of the molecule is Cc1nc(C)c2c(C)c(CNCc3cccc(Cl)c3O)sc2n1. The van der Waals surface area contributed by atoms with Gasteiger partial charge >= 0.3 is 0 Å². The maximum absolute atomic E-state index is 9.94. The lowest BCUT2D eigenvalue weighted by atomic mass is 10.1. The van der Waals surface area contributed by atoms with E-state index >= 15 is 0 Å². The van der Waals surface area contributed by atoms with E-state index in [4.69, 9.17) is 11.6 Å². The van der Waals surface area contributed by atoms with E-state index in [1.807, 2.05) is 26.0 Å². The molecule has 0 spiro atoms. The molecule has 120 valence electrons. The number of hydrogen-bond acceptors (Lipinski definition) is 5. The Morgan fingerprint density at radius 2 is 1.96 bits per heavy atom. The van der Waals surface area contributed by atoms with Crippen molar-refractivity contribution in [2.45, 2.75) is 33.9 Å². The topological polar surface area (TPSA) is 58.0 Å². The number of rotatable bonds is 4. The van der Waals surface area contributed by atoms with Crippen molar-refractivity contribution in [3.63, 3.8) is 0 Å². The van der Waals surface area contributed by atoms with Gasteiger partial charge in [0.15, 0.2) is 0 Å². The number of aryl methyl sites for hydroxylation is 3. The van der Waals surface area contributed by atoms with Gasteiger partial charge in [0.25, 0.3) is 0 Å². The quantitative estimate of drug-likeness (QED) is 0.740. The van der Waals surface area contributed by atoms with E-state index in [1.165, 1.54) is 10.4 Å². The maximum atomic E-state index is 9.94. The number of benzene rings is 1. The number of fused-ring (bicyclic) bond motifs is 1. The van der Waals surface area contributed by atoms with Crippen LogP contribution >= 0.6 is 22.9 Å². The Labute approximate surface area is 144 Å². The Hall–Kier alpha value is -1.69. The van der Waals surface area contributed by atoms with Gasteiger partial charge in [-0.25, -0.2) is 9.97 Å². The summed E-state index contributed by atoms with van der Waals surface area (Å²) >= 11 is 7.62. The lowest BCUT2D eigenvalue weighted by molar-refractivity contribution is 0.465. The van der Waals surface area contributed by atoms with Gasteiger partial charge in [0, 0.05) is 34.6 Å². The van der Waals surface area contributed by atoms with Crippen LogP contribution in [0.15, 0.2) is 18.2 Å². The van der Waals surface area contributed by atoms with Gasteiger partial charge < -0.3 is 10.4 Å². The summed E-state index contributed by atoms with van der Waals surface area (Å²) < 4.78 is 0. The van der Waals surface area contributed by atoms with Crippen molar-refractivity contribution in [3.8, 4) is 5.75 Å². The number of nitrogens with zero attached hydrogens (tertiary/aromatic N) is 2. The zero-order valence-electron chi connectivity index (χ0n) is 13.3. The van der Waals surface area contributed by atoms with Gasteiger partial charge in [-0.15, -0.1) is 11.3 Å². The molecular weight excluding hydrogens is 330 g/mol. The van der Waals surface area contributed by atoms with E-state index in [1.54, 1.807) is 17.4 Å². The normalized spacial score (nSPS) is 11.3. The average Bonchev–Trinajstić information content (AvgIpc) is 2.80. The third-order valence-corrected chi connectivity index (χ3v) is 5.34. The first-order chi connectivity index (χ1) is 11.0. The molecule has 0 fully saturated rings. The molecule has 0 amide bonds. The van der Waals surface area contributed by atoms with Gasteiger partial charge in [-0.1, -0.05) is 23.7 Å². The van der Waals surface area contributed by atoms with Gasteiger partial charge in [0.05, 0.1) is 5.02 Å². The molecule has 23 heavy (non-hydrogen) atoms. The van der Waals surface area contributed by atoms with Crippen LogP contribution in [0.1, 0.15) is 27.5 Å². The van der Waals surface area contributed by atoms with E-state index in [0.717, 1.165) is 33.8 Å². The van der Waals surface area contributed by atoms with Crippen molar-refractivity contribution in [1.29, 1.82) is 0 Å². The summed E-state index contributed by atoms with van der Waals surface area (Å²) in [5.74, 6) is 0.951. The Bertz CT molecular complexity index is 876. The molecule has 2 aromatic heterocycles. The molecule has 4 nitrogen and oxygen atoms in total. The maximum Gasteiger partial charge on any atom is 0.138 e. The van der Waals surface area contributed by atoms with Crippen molar-refractivity contribution in [2.75, 3.05) is 0 Å². The molecule has 2 heterocycles. The highest BCUT2D eigenvalue weighted by atomic mass is 35.5. The van der Waals surface area contributed by atoms with Crippen LogP contribution < -0.4 is 5.32 Å². The molecule has 0 aliphatic heterocycles. The van der Waals surface area contributed by atoms with Crippen LogP contribution in [0.2, 0.25) is 5.02 Å². The second kappa shape index (κ2) is 6.43. The Kier molecular flexibility index (Phi) is 4.53. The van der Waals surface area contributed by atoms with Crippen molar-refractivity contribution >= 4 is 33.2 Å². The van der Waals surface area contributed by atoms with Gasteiger partial charge in [-0.05, 0) is 32.4 Å². The number of thiophene rings is 1. The van der Waals surface area contributed by atoms with E-state index in [0.29, 0.717) is 11.6 Å². The minimum atomic E-state index is 0.145. The van der Waals surface area contributed by atoms with Crippen LogP contribution in [0.3, 0.4) is 0 Å². The highest BCUT2D eigenvalue weighted by molar-refractivity contribution is 7.18. The van der Waals surface area contributed by atoms with Crippen LogP contribution in [0.25, 0.3) is 10.2 Å². The summed E-state index contributed by atoms with van der Waals surface area (Å²) in [4.78, 5) is 11.3. The number of phenolic OH excluding ortho intramolecular Hbond substituents is 1. The lowest BCUT2D eigenvalue weighted by Gasteiger charge is -2.07. The predicted molar refractivity (Wildman–Crippen MR) is 95.3 cm³/mol. The number of phenols is 1. The highest BCUT2D eigenvalue weighted by Crippen LogP contribution is 2.31. The van der Waals surface area contributed by atoms with Crippen LogP contribution in [0, 0.1) is 20.8 Å². The molecule has 0 unspecified atom stereocenters. The first kappa shape index (κ1) is 16.2. The second-order valence-electron chi connectivity index (χ2n) is 5.54. The fraction of sp³-hybridized carbons (Fsp3) is 0.294. The third-order valence-electron chi connectivity index (χ3n) is 3.85. The number of nitrogens with one attached hydrogen (secondary N) is 1. The summed E-state index contributed by atoms with van der Waals surface area (Å²) in [6, 6.07) is 5.39. The largest absolute Gasteiger partial charge is 0.506 e. The second-order valence-corrected chi connectivity index (χ2v) is 7.03. The van der Waals surface area contributed by atoms with Crippen LogP contribution in [0.5, 0.6) is 5.75 Å². The predicted octanol–water partition coefficient (Wildman–Crippen LogP) is 4.27. The molecule has 0 bridgehead atoms. The molecule has 0 saturated heterocycles. The summed E-state index contributed by atoms with van der Waals surface area (Å²) in [7, 11) is 0. The standard InChI is InChI=1S/C17H18ClN3OS/c1-9-14(23-17-15(9)10(2)20-11(3)21-17)8-19-7-12-5-4-6-13(18)16(12)22/h4-6,19,22H,7-8H2,1-3H3. The Balaban J connectivity index is 1.79. The molecule has 1 aromatic carbocycles. The fourth-order valence-corrected chi connectivity index (χ4v) is 4.14. The van der Waals surface area contributed by atoms with Crippen molar-refractivity contribution < 1.29 is 5.11 Å². The average molecular weight is 348 g/mol. The minimum Gasteiger partial charge on any atom is -0.506 e. The highest BCUT2D eigenvalue weighted by Gasteiger charge is 2.13. The van der Waals surface area contributed by atoms with Gasteiger partial charge in [-0.2, -0.15) is 0 Å². The zero-order chi connectivity index (χ0) is 16.6. The zero-order valence-corrected chi connectivity index (χ0v) is 14.8. The monoisotopic (exact) mass is 347 g/mol. The van der Waals surface area contributed by atoms with Crippen molar-refractivity contribution in [2.24, 2.45) is 0 Å². The smallest absolute Gasteiger partial charge is 0.138 e. The molecule has 0 saturated carbocycles. The molecule has 2 N–H and O–H groups in total. The molecule has 3 rings (SSSR count). The van der Waals surface area contributed by atoms with E-state index in [9.17, 15) is 5.11 Å². The van der Waals surface area contributed by atoms with Gasteiger partial charge in [0.2, 0.25) is 0 Å². The van der Waals surface area contributed by atoms with Crippen LogP contribution in [-0.2, 0) is 13.1 Å². The first-order valence-electron chi connectivity index (χ1n) is 7.37. The number of hydrogen-bond donors (Lipinski definition) is 2. The molecule has 0 atom stereocenters. The number of para-hydroxylation sites is 1. The van der Waals surface area contributed by atoms with E-state index < -0.39 is 0 Å². The number of halogens is 1. The van der Waals surface area contributed by atoms with Crippen molar-refractivity contribution in [1.82, 2.24) is 15.3 Å². The molecular formula is C17H18ClN3OS. The molecule has 0 aliphatic carbocycles. The van der Waals surface area contributed by atoms with E-state index in [-0.39, 0.29) is 5.75 Å². The molecule has 0 radical (unpaired) electrons. The molecule has 6 heteroatoms. The first-order valence-corrected chi connectivity index (χ1v) is 8.57. The Morgan fingerprint density at radius 1 is 1.17 bits per heavy atom. The van der Waals surface area contributed by atoms with Crippen molar-refractivity contribution in [3.05, 3.63) is 50.7 Å². The lowest BCUT2D eigenvalue weighted by Crippen LogP contribution is -2.12. The molecule has 3 aromatic rings.